The van der Waals surface area contributed by atoms with E-state index in [1.807, 2.05) is 35.0 Å². The van der Waals surface area contributed by atoms with Crippen LogP contribution in [0.1, 0.15) is 25.5 Å². The van der Waals surface area contributed by atoms with Gasteiger partial charge in [-0.05, 0) is 55.8 Å². The number of unbranched alkanes of at least 4 members (excludes halogenated alkanes) is 1. The average Bonchev–Trinajstić information content (AvgIpc) is 3.12. The van der Waals surface area contributed by atoms with Gasteiger partial charge in [-0.1, -0.05) is 13.3 Å². The van der Waals surface area contributed by atoms with Crippen molar-refractivity contribution in [1.29, 1.82) is 0 Å². The first-order chi connectivity index (χ1) is 12.6. The number of aromatic nitrogens is 2. The molecule has 0 aliphatic rings. The number of rotatable bonds is 5. The topological polar surface area (TPSA) is 39.3 Å². The highest BCUT2D eigenvalue weighted by molar-refractivity contribution is 5.91. The zero-order chi connectivity index (χ0) is 18.3. The largest absolute Gasteiger partial charge is 0.494 e. The van der Waals surface area contributed by atoms with Crippen molar-refractivity contribution >= 4 is 21.7 Å². The zero-order valence-corrected chi connectivity index (χ0v) is 15.5. The molecule has 4 heteroatoms. The van der Waals surface area contributed by atoms with E-state index in [0.29, 0.717) is 6.61 Å². The number of hydrogen-bond acceptors (Lipinski definition) is 2. The van der Waals surface area contributed by atoms with Crippen LogP contribution in [-0.2, 0) is 7.05 Å². The Balaban J connectivity index is 1.75. The van der Waals surface area contributed by atoms with E-state index in [1.165, 1.54) is 16.6 Å². The van der Waals surface area contributed by atoms with Crippen molar-refractivity contribution in [3.63, 3.8) is 0 Å². The fourth-order valence-electron chi connectivity index (χ4n) is 3.42. The lowest BCUT2D eigenvalue weighted by atomic mass is 10.2. The highest BCUT2D eigenvalue weighted by Crippen LogP contribution is 2.34. The van der Waals surface area contributed by atoms with E-state index in [-0.39, 0.29) is 5.88 Å². The second-order valence-electron chi connectivity index (χ2n) is 6.86. The van der Waals surface area contributed by atoms with Gasteiger partial charge in [0.2, 0.25) is 5.88 Å². The molecule has 0 amide bonds. The molecule has 0 spiro atoms. The van der Waals surface area contributed by atoms with Crippen LogP contribution in [-0.4, -0.2) is 20.8 Å². The van der Waals surface area contributed by atoms with Crippen LogP contribution in [0.15, 0.2) is 48.7 Å². The minimum Gasteiger partial charge on any atom is -0.494 e. The summed E-state index contributed by atoms with van der Waals surface area (Å²) >= 11 is 0. The Hall–Kier alpha value is -2.88. The molecule has 4 nitrogen and oxygen atoms in total. The van der Waals surface area contributed by atoms with Gasteiger partial charge in [0.15, 0.2) is 0 Å². The fourth-order valence-corrected chi connectivity index (χ4v) is 3.42. The van der Waals surface area contributed by atoms with E-state index in [4.69, 9.17) is 4.74 Å². The number of aromatic hydroxyl groups is 1. The normalized spacial score (nSPS) is 11.5. The molecule has 0 aliphatic heterocycles. The number of aryl methyl sites for hydroxylation is 2. The number of ether oxygens (including phenoxy) is 1. The van der Waals surface area contributed by atoms with Crippen LogP contribution in [0.2, 0.25) is 0 Å². The molecule has 0 bridgehead atoms. The highest BCUT2D eigenvalue weighted by Gasteiger charge is 2.12. The Morgan fingerprint density at radius 2 is 1.88 bits per heavy atom. The Morgan fingerprint density at radius 3 is 2.69 bits per heavy atom. The molecule has 1 N–H and O–H groups in total. The molecule has 2 heterocycles. The maximum atomic E-state index is 10.8. The van der Waals surface area contributed by atoms with Gasteiger partial charge >= 0.3 is 0 Å². The van der Waals surface area contributed by atoms with E-state index in [9.17, 15) is 5.11 Å². The van der Waals surface area contributed by atoms with E-state index >= 15 is 0 Å². The summed E-state index contributed by atoms with van der Waals surface area (Å²) in [5.74, 6) is 1.04. The summed E-state index contributed by atoms with van der Waals surface area (Å²) in [6, 6.07) is 14.3. The van der Waals surface area contributed by atoms with Gasteiger partial charge in [-0.2, -0.15) is 0 Å². The number of fused-ring (bicyclic) bond motifs is 2. The highest BCUT2D eigenvalue weighted by atomic mass is 16.5. The first-order valence-electron chi connectivity index (χ1n) is 9.12. The lowest BCUT2D eigenvalue weighted by molar-refractivity contribution is 0.309. The predicted octanol–water partition coefficient (Wildman–Crippen LogP) is 5.32. The van der Waals surface area contributed by atoms with Crippen molar-refractivity contribution in [1.82, 2.24) is 9.13 Å². The molecule has 2 aromatic heterocycles. The van der Waals surface area contributed by atoms with Crippen LogP contribution in [0.5, 0.6) is 11.6 Å². The summed E-state index contributed by atoms with van der Waals surface area (Å²) in [6.07, 6.45) is 4.10. The molecule has 0 atom stereocenters. The lowest BCUT2D eigenvalue weighted by Crippen LogP contribution is -1.95. The van der Waals surface area contributed by atoms with Crippen molar-refractivity contribution in [2.24, 2.45) is 7.05 Å². The Kier molecular flexibility index (Phi) is 4.11. The van der Waals surface area contributed by atoms with E-state index in [0.717, 1.165) is 35.1 Å². The van der Waals surface area contributed by atoms with Gasteiger partial charge < -0.3 is 14.4 Å². The third-order valence-corrected chi connectivity index (χ3v) is 5.07. The molecule has 2 aromatic carbocycles. The van der Waals surface area contributed by atoms with Crippen molar-refractivity contribution < 1.29 is 9.84 Å². The molecular formula is C22H24N2O2. The van der Waals surface area contributed by atoms with Crippen LogP contribution >= 0.6 is 0 Å². The van der Waals surface area contributed by atoms with Crippen LogP contribution in [0.3, 0.4) is 0 Å². The Morgan fingerprint density at radius 1 is 1.04 bits per heavy atom. The van der Waals surface area contributed by atoms with Crippen molar-refractivity contribution in [3.8, 4) is 17.3 Å². The molecule has 134 valence electrons. The first kappa shape index (κ1) is 16.6. The molecule has 0 saturated heterocycles. The molecule has 0 saturated carbocycles. The quantitative estimate of drug-likeness (QED) is 0.496. The molecule has 4 aromatic rings. The first-order valence-corrected chi connectivity index (χ1v) is 9.12. The van der Waals surface area contributed by atoms with Gasteiger partial charge in [-0.3, -0.25) is 4.57 Å². The monoisotopic (exact) mass is 348 g/mol. The molecule has 26 heavy (non-hydrogen) atoms. The molecule has 4 rings (SSSR count). The van der Waals surface area contributed by atoms with E-state index in [1.54, 1.807) is 0 Å². The van der Waals surface area contributed by atoms with Gasteiger partial charge in [-0.15, -0.1) is 0 Å². The zero-order valence-electron chi connectivity index (χ0n) is 15.5. The van der Waals surface area contributed by atoms with E-state index < -0.39 is 0 Å². The summed E-state index contributed by atoms with van der Waals surface area (Å²) in [5, 5.41) is 13.7. The van der Waals surface area contributed by atoms with E-state index in [2.05, 4.69) is 43.7 Å². The van der Waals surface area contributed by atoms with Crippen molar-refractivity contribution in [3.05, 3.63) is 54.4 Å². The maximum absolute atomic E-state index is 10.8. The van der Waals surface area contributed by atoms with Crippen molar-refractivity contribution in [2.75, 3.05) is 6.61 Å². The minimum absolute atomic E-state index is 0.243. The molecule has 0 aliphatic carbocycles. The third-order valence-electron chi connectivity index (χ3n) is 5.07. The van der Waals surface area contributed by atoms with Crippen LogP contribution in [0.4, 0.5) is 0 Å². The maximum Gasteiger partial charge on any atom is 0.203 e. The van der Waals surface area contributed by atoms with Gasteiger partial charge in [0.05, 0.1) is 6.61 Å². The number of nitrogens with zero attached hydrogens (tertiary/aromatic N) is 2. The summed E-state index contributed by atoms with van der Waals surface area (Å²) in [5.41, 5.74) is 3.35. The van der Waals surface area contributed by atoms with Crippen LogP contribution < -0.4 is 4.74 Å². The standard InChI is InChI=1S/C22H24N2O2/c1-4-5-10-26-19-8-6-16-14-24(22(25)20(16)13-19)18-7-9-21-17(12-18)11-15(2)23(21)3/h6-9,11-14,25H,4-5,10H2,1-3H3. The second kappa shape index (κ2) is 6.45. The van der Waals surface area contributed by atoms with Crippen LogP contribution in [0.25, 0.3) is 27.4 Å². The predicted molar refractivity (Wildman–Crippen MR) is 107 cm³/mol. The van der Waals surface area contributed by atoms with Gasteiger partial charge in [0.25, 0.3) is 0 Å². The fraction of sp³-hybridized carbons (Fsp3) is 0.273. The van der Waals surface area contributed by atoms with Crippen LogP contribution in [0, 0.1) is 6.92 Å². The number of benzene rings is 2. The molecule has 0 radical (unpaired) electrons. The van der Waals surface area contributed by atoms with Gasteiger partial charge in [0, 0.05) is 46.3 Å². The Labute approximate surface area is 153 Å². The molecule has 0 unspecified atom stereocenters. The summed E-state index contributed by atoms with van der Waals surface area (Å²) in [7, 11) is 2.07. The minimum atomic E-state index is 0.243. The Bertz CT molecular complexity index is 1090. The molecular weight excluding hydrogens is 324 g/mol. The molecule has 0 fully saturated rings. The summed E-state index contributed by atoms with van der Waals surface area (Å²) in [6.45, 7) is 4.94. The van der Waals surface area contributed by atoms with Crippen molar-refractivity contribution in [2.45, 2.75) is 26.7 Å². The SMILES string of the molecule is CCCCOc1ccc2cn(-c3ccc4c(c3)cc(C)n4C)c(O)c2c1. The third kappa shape index (κ3) is 2.71. The lowest BCUT2D eigenvalue weighted by Gasteiger charge is -2.06. The van der Waals surface area contributed by atoms with Gasteiger partial charge in [0.1, 0.15) is 5.75 Å². The summed E-state index contributed by atoms with van der Waals surface area (Å²) in [4.78, 5) is 0. The smallest absolute Gasteiger partial charge is 0.203 e. The van der Waals surface area contributed by atoms with Gasteiger partial charge in [-0.25, -0.2) is 0 Å². The second-order valence-corrected chi connectivity index (χ2v) is 6.86. The average molecular weight is 348 g/mol. The number of hydrogen-bond donors (Lipinski definition) is 1. The summed E-state index contributed by atoms with van der Waals surface area (Å²) < 4.78 is 9.78.